The van der Waals surface area contributed by atoms with Gasteiger partial charge in [-0.3, -0.25) is 19.2 Å². The minimum atomic E-state index is -4.11. The Bertz CT molecular complexity index is 2230. The Morgan fingerprint density at radius 3 is 2.67 bits per heavy atom. The summed E-state index contributed by atoms with van der Waals surface area (Å²) in [6, 6.07) is 8.63. The van der Waals surface area contributed by atoms with Gasteiger partial charge in [-0.2, -0.15) is 14.0 Å². The molecule has 1 aromatic carbocycles. The van der Waals surface area contributed by atoms with E-state index in [0.717, 1.165) is 0 Å². The fourth-order valence-electron chi connectivity index (χ4n) is 6.33. The Hall–Kier alpha value is -4.85. The zero-order chi connectivity index (χ0) is 36.6. The molecule has 5 aromatic rings. The van der Waals surface area contributed by atoms with Gasteiger partial charge in [0, 0.05) is 53.9 Å². The molecule has 1 N–H and O–H groups in total. The van der Waals surface area contributed by atoms with Crippen LogP contribution in [-0.2, 0) is 6.54 Å². The van der Waals surface area contributed by atoms with Gasteiger partial charge in [0.1, 0.15) is 35.6 Å². The third kappa shape index (κ3) is 7.06. The number of aromatic carboxylic acids is 1. The molecule has 0 aliphatic carbocycles. The number of carboxylic acid groups (broad SMARTS) is 1. The van der Waals surface area contributed by atoms with Crippen molar-refractivity contribution in [1.82, 2.24) is 24.4 Å². The molecular weight excluding hydrogens is 714 g/mol. The molecule has 0 unspecified atom stereocenters. The smallest absolute Gasteiger partial charge is 0.338 e. The van der Waals surface area contributed by atoms with Crippen molar-refractivity contribution >= 4 is 55.8 Å². The number of anilines is 1. The van der Waals surface area contributed by atoms with E-state index < -0.39 is 30.4 Å². The Kier molecular flexibility index (Phi) is 10.2. The van der Waals surface area contributed by atoms with Crippen LogP contribution in [0.2, 0.25) is 5.02 Å². The van der Waals surface area contributed by atoms with Gasteiger partial charge in [0.25, 0.3) is 5.56 Å². The van der Waals surface area contributed by atoms with Crippen molar-refractivity contribution in [2.24, 2.45) is 0 Å². The zero-order valence-electron chi connectivity index (χ0n) is 27.2. The van der Waals surface area contributed by atoms with E-state index in [1.807, 2.05) is 0 Å². The summed E-state index contributed by atoms with van der Waals surface area (Å²) in [4.78, 5) is 41.9. The minimum absolute atomic E-state index is 0.00667. The maximum Gasteiger partial charge on any atom is 0.338 e. The van der Waals surface area contributed by atoms with Crippen LogP contribution in [0.25, 0.3) is 32.2 Å². The Labute approximate surface area is 297 Å². The molecule has 51 heavy (non-hydrogen) atoms. The van der Waals surface area contributed by atoms with E-state index >= 15 is 0 Å². The number of alkyl halides is 4. The van der Waals surface area contributed by atoms with Crippen LogP contribution in [0.1, 0.15) is 34.6 Å². The molecule has 0 saturated carbocycles. The number of carboxylic acids is 1. The summed E-state index contributed by atoms with van der Waals surface area (Å²) in [7, 11) is 1.69. The van der Waals surface area contributed by atoms with Gasteiger partial charge in [-0.1, -0.05) is 11.6 Å². The highest BCUT2D eigenvalue weighted by Crippen LogP contribution is 2.39. The fourth-order valence-corrected chi connectivity index (χ4v) is 7.53. The van der Waals surface area contributed by atoms with Crippen molar-refractivity contribution in [2.75, 3.05) is 38.2 Å². The van der Waals surface area contributed by atoms with Crippen molar-refractivity contribution in [2.45, 2.75) is 44.7 Å². The third-order valence-electron chi connectivity index (χ3n) is 8.96. The van der Waals surface area contributed by atoms with Crippen LogP contribution in [0.15, 0.2) is 46.8 Å². The monoisotopic (exact) mass is 743 g/mol. The van der Waals surface area contributed by atoms with E-state index in [2.05, 4.69) is 21.0 Å². The lowest BCUT2D eigenvalue weighted by Gasteiger charge is -2.38. The van der Waals surface area contributed by atoms with Crippen LogP contribution in [-0.4, -0.2) is 87.2 Å². The second-order valence-electron chi connectivity index (χ2n) is 12.1. The van der Waals surface area contributed by atoms with Gasteiger partial charge in [0.05, 0.1) is 46.0 Å². The van der Waals surface area contributed by atoms with E-state index in [-0.39, 0.29) is 60.1 Å². The second-order valence-corrected chi connectivity index (χ2v) is 13.4. The normalized spacial score (nSPS) is 14.3. The van der Waals surface area contributed by atoms with Crippen LogP contribution in [0.5, 0.6) is 5.75 Å². The number of hydrogen-bond acceptors (Lipinski definition) is 10. The number of hydrogen-bond donors (Lipinski definition) is 1. The average molecular weight is 744 g/mol. The number of benzene rings is 1. The molecule has 0 amide bonds. The first kappa shape index (κ1) is 36.0. The number of pyridine rings is 2. The first-order valence-corrected chi connectivity index (χ1v) is 17.0. The van der Waals surface area contributed by atoms with E-state index in [9.17, 15) is 37.5 Å². The number of rotatable bonds is 11. The van der Waals surface area contributed by atoms with Gasteiger partial charge in [-0.05, 0) is 44.0 Å². The number of aromatic nitrogens is 4. The molecule has 0 bridgehead atoms. The number of thiophene rings is 1. The molecule has 0 radical (unpaired) electrons. The summed E-state index contributed by atoms with van der Waals surface area (Å²) in [5.74, 6) is -4.17. The summed E-state index contributed by atoms with van der Waals surface area (Å²) in [5.41, 5.74) is 1.46. The first-order chi connectivity index (χ1) is 24.3. The summed E-state index contributed by atoms with van der Waals surface area (Å²) in [6.45, 7) is 0.990. The molecule has 11 nitrogen and oxygen atoms in total. The number of nitrogens with zero attached hydrogens (tertiary/aromatic N) is 7. The number of fused-ring (bicyclic) bond motifs is 2. The number of halogens is 5. The number of nitriles is 1. The SMILES string of the molecule is Cc1nc2cnc(N(C)C3CCN(CC(F)(F)C(F)F)CC3)c(C#N)c2c(=O)n1CCOc1ccc(Cl)cc1-c1ccnc2c(C(=O)O)csc12. The van der Waals surface area contributed by atoms with E-state index in [1.165, 1.54) is 38.6 Å². The predicted molar refractivity (Wildman–Crippen MR) is 185 cm³/mol. The standard InChI is InChI=1S/C34H30ClF4N7O4S/c1-18-43-25-15-42-30(44(2)20-6-9-45(10-7-20)17-34(38,39)33(36)37)23(14-40)27(25)31(47)46(18)11-12-50-26-4-3-19(35)13-22(26)21-5-8-41-28-24(32(48)49)16-51-29(21)28/h3-5,8,13,15-16,20,33H,6-7,9-12,17H2,1-2H3,(H,48,49). The molecule has 1 saturated heterocycles. The van der Waals surface area contributed by atoms with Crippen LogP contribution < -0.4 is 15.2 Å². The summed E-state index contributed by atoms with van der Waals surface area (Å²) in [5, 5.41) is 21.8. The molecule has 6 rings (SSSR count). The molecule has 1 aliphatic rings. The van der Waals surface area contributed by atoms with Crippen LogP contribution in [0, 0.1) is 18.3 Å². The predicted octanol–water partition coefficient (Wildman–Crippen LogP) is 6.48. The Balaban J connectivity index is 1.24. The lowest BCUT2D eigenvalue weighted by Crippen LogP contribution is -2.49. The molecule has 1 fully saturated rings. The number of likely N-dealkylation sites (tertiary alicyclic amines) is 1. The molecular formula is C34H30ClF4N7O4S. The molecule has 5 heterocycles. The van der Waals surface area contributed by atoms with Gasteiger partial charge in [-0.15, -0.1) is 11.3 Å². The molecule has 17 heteroatoms. The third-order valence-corrected chi connectivity index (χ3v) is 10.2. The maximum absolute atomic E-state index is 14.0. The van der Waals surface area contributed by atoms with E-state index in [0.29, 0.717) is 50.8 Å². The Morgan fingerprint density at radius 2 is 1.98 bits per heavy atom. The first-order valence-electron chi connectivity index (χ1n) is 15.7. The van der Waals surface area contributed by atoms with Crippen LogP contribution >= 0.6 is 22.9 Å². The van der Waals surface area contributed by atoms with Gasteiger partial charge < -0.3 is 14.7 Å². The average Bonchev–Trinajstić information content (AvgIpc) is 3.54. The van der Waals surface area contributed by atoms with Crippen molar-refractivity contribution < 1.29 is 32.2 Å². The molecule has 4 aromatic heterocycles. The molecule has 0 atom stereocenters. The largest absolute Gasteiger partial charge is 0.491 e. The highest BCUT2D eigenvalue weighted by atomic mass is 35.5. The minimum Gasteiger partial charge on any atom is -0.491 e. The summed E-state index contributed by atoms with van der Waals surface area (Å²) >= 11 is 7.59. The molecule has 266 valence electrons. The Morgan fingerprint density at radius 1 is 1.24 bits per heavy atom. The number of aryl methyl sites for hydroxylation is 1. The number of piperidine rings is 1. The maximum atomic E-state index is 14.0. The summed E-state index contributed by atoms with van der Waals surface area (Å²) < 4.78 is 60.9. The lowest BCUT2D eigenvalue weighted by atomic mass is 10.0. The van der Waals surface area contributed by atoms with Crippen LogP contribution in [0.3, 0.4) is 0 Å². The van der Waals surface area contributed by atoms with Gasteiger partial charge in [0.15, 0.2) is 0 Å². The van der Waals surface area contributed by atoms with Crippen LogP contribution in [0.4, 0.5) is 23.4 Å². The second kappa shape index (κ2) is 14.4. The number of ether oxygens (including phenoxy) is 1. The van der Waals surface area contributed by atoms with Gasteiger partial charge in [-0.25, -0.2) is 23.5 Å². The molecule has 1 aliphatic heterocycles. The highest BCUT2D eigenvalue weighted by molar-refractivity contribution is 7.18. The van der Waals surface area contributed by atoms with Crippen molar-refractivity contribution in [3.05, 3.63) is 74.4 Å². The van der Waals surface area contributed by atoms with Gasteiger partial charge in [0.2, 0.25) is 0 Å². The lowest BCUT2D eigenvalue weighted by molar-refractivity contribution is -0.143. The highest BCUT2D eigenvalue weighted by Gasteiger charge is 2.43. The van der Waals surface area contributed by atoms with Crippen molar-refractivity contribution in [3.63, 3.8) is 0 Å². The number of carbonyl (C=O) groups is 1. The van der Waals surface area contributed by atoms with Gasteiger partial charge >= 0.3 is 18.3 Å². The topological polar surface area (TPSA) is 137 Å². The zero-order valence-corrected chi connectivity index (χ0v) is 28.8. The fraction of sp³-hybridized carbons (Fsp3) is 0.353. The molecule has 0 spiro atoms. The van der Waals surface area contributed by atoms with E-state index in [4.69, 9.17) is 16.3 Å². The van der Waals surface area contributed by atoms with Crippen molar-refractivity contribution in [1.29, 1.82) is 5.26 Å². The van der Waals surface area contributed by atoms with Crippen molar-refractivity contribution in [3.8, 4) is 22.9 Å². The quantitative estimate of drug-likeness (QED) is 0.150. The van der Waals surface area contributed by atoms with E-state index in [1.54, 1.807) is 43.1 Å². The summed E-state index contributed by atoms with van der Waals surface area (Å²) in [6.07, 6.45) is -0.107.